The fourth-order valence-electron chi connectivity index (χ4n) is 2.84. The Labute approximate surface area is 140 Å². The minimum Gasteiger partial charge on any atom is -0.354 e. The predicted octanol–water partition coefficient (Wildman–Crippen LogP) is 1.80. The molecule has 0 unspecified atom stereocenters. The average molecular weight is 341 g/mol. The molecule has 2 aromatic rings. The lowest BCUT2D eigenvalue weighted by Crippen LogP contribution is -2.54. The first-order valence-electron chi connectivity index (χ1n) is 7.33. The van der Waals surface area contributed by atoms with Gasteiger partial charge in [-0.15, -0.1) is 23.7 Å². The molecule has 2 aromatic heterocycles. The van der Waals surface area contributed by atoms with E-state index in [4.69, 9.17) is 0 Å². The van der Waals surface area contributed by atoms with E-state index in [1.54, 1.807) is 17.5 Å². The molecule has 3 rings (SSSR count). The van der Waals surface area contributed by atoms with Gasteiger partial charge in [0.2, 0.25) is 5.91 Å². The molecule has 1 fully saturated rings. The van der Waals surface area contributed by atoms with Crippen LogP contribution in [0, 0.1) is 0 Å². The maximum Gasteiger partial charge on any atom is 0.248 e. The number of piperidine rings is 1. The molecule has 1 saturated heterocycles. The lowest BCUT2D eigenvalue weighted by atomic mass is 9.87. The molecule has 3 heterocycles. The summed E-state index contributed by atoms with van der Waals surface area (Å²) >= 11 is 1.73. The maximum atomic E-state index is 12.8. The molecule has 7 heteroatoms. The third-order valence-electron chi connectivity index (χ3n) is 4.03. The summed E-state index contributed by atoms with van der Waals surface area (Å²) in [5.41, 5.74) is -0.538. The molecule has 2 N–H and O–H groups in total. The summed E-state index contributed by atoms with van der Waals surface area (Å²) in [5.74, 6) is 0.0873. The Morgan fingerprint density at radius 1 is 1.41 bits per heavy atom. The number of aromatic nitrogens is 2. The molecule has 5 nitrogen and oxygen atoms in total. The van der Waals surface area contributed by atoms with Crippen LogP contribution >= 0.6 is 23.7 Å². The van der Waals surface area contributed by atoms with Crippen LogP contribution in [0.2, 0.25) is 0 Å². The highest BCUT2D eigenvalue weighted by atomic mass is 35.5. The van der Waals surface area contributed by atoms with Crippen LogP contribution in [0.4, 0.5) is 0 Å². The third-order valence-corrected chi connectivity index (χ3v) is 4.97. The number of carbonyl (C=O) groups is 1. The van der Waals surface area contributed by atoms with E-state index < -0.39 is 5.54 Å². The second-order valence-electron chi connectivity index (χ2n) is 5.32. The summed E-state index contributed by atoms with van der Waals surface area (Å²) < 4.78 is 1.83. The maximum absolute atomic E-state index is 12.8. The van der Waals surface area contributed by atoms with Gasteiger partial charge in [-0.05, 0) is 49.9 Å². The van der Waals surface area contributed by atoms with Gasteiger partial charge in [0, 0.05) is 23.8 Å². The summed E-state index contributed by atoms with van der Waals surface area (Å²) in [6, 6.07) is 6.02. The molecule has 0 atom stereocenters. The van der Waals surface area contributed by atoms with Gasteiger partial charge in [-0.3, -0.25) is 9.48 Å². The van der Waals surface area contributed by atoms with Crippen LogP contribution in [0.25, 0.3) is 0 Å². The SMILES string of the molecule is Cl.O=C(NCCc1cccs1)C1(n2cccn2)CCNCC1. The Morgan fingerprint density at radius 2 is 2.23 bits per heavy atom. The molecule has 1 aliphatic rings. The first kappa shape index (κ1) is 17.0. The fraction of sp³-hybridized carbons (Fsp3) is 0.467. The molecule has 120 valence electrons. The lowest BCUT2D eigenvalue weighted by Gasteiger charge is -2.36. The van der Waals surface area contributed by atoms with Gasteiger partial charge in [0.25, 0.3) is 0 Å². The summed E-state index contributed by atoms with van der Waals surface area (Å²) in [6.07, 6.45) is 6.07. The lowest BCUT2D eigenvalue weighted by molar-refractivity contribution is -0.131. The fourth-order valence-corrected chi connectivity index (χ4v) is 3.55. The molecule has 0 bridgehead atoms. The minimum atomic E-state index is -0.538. The van der Waals surface area contributed by atoms with Gasteiger partial charge in [0.1, 0.15) is 5.54 Å². The molecular formula is C15H21ClN4OS. The summed E-state index contributed by atoms with van der Waals surface area (Å²) in [7, 11) is 0. The van der Waals surface area contributed by atoms with Crippen molar-refractivity contribution in [3.63, 3.8) is 0 Å². The van der Waals surface area contributed by atoms with Crippen molar-refractivity contribution in [3.8, 4) is 0 Å². The molecule has 1 aliphatic heterocycles. The van der Waals surface area contributed by atoms with E-state index in [0.29, 0.717) is 6.54 Å². The van der Waals surface area contributed by atoms with Gasteiger partial charge in [-0.1, -0.05) is 6.07 Å². The topological polar surface area (TPSA) is 59.0 Å². The molecule has 0 aromatic carbocycles. The Balaban J connectivity index is 0.00000176. The number of carbonyl (C=O) groups excluding carboxylic acids is 1. The first-order chi connectivity index (χ1) is 10.3. The zero-order chi connectivity index (χ0) is 14.5. The van der Waals surface area contributed by atoms with E-state index in [1.807, 2.05) is 23.0 Å². The van der Waals surface area contributed by atoms with Gasteiger partial charge in [0.05, 0.1) is 0 Å². The third kappa shape index (κ3) is 3.51. The van der Waals surface area contributed by atoms with Crippen molar-refractivity contribution < 1.29 is 4.79 Å². The minimum absolute atomic E-state index is 0. The van der Waals surface area contributed by atoms with Crippen molar-refractivity contribution in [1.82, 2.24) is 20.4 Å². The van der Waals surface area contributed by atoms with Crippen LogP contribution in [-0.4, -0.2) is 35.3 Å². The van der Waals surface area contributed by atoms with Gasteiger partial charge in [-0.2, -0.15) is 5.10 Å². The number of hydrogen-bond acceptors (Lipinski definition) is 4. The van der Waals surface area contributed by atoms with Crippen LogP contribution in [0.3, 0.4) is 0 Å². The zero-order valence-electron chi connectivity index (χ0n) is 12.3. The molecule has 0 spiro atoms. The molecule has 0 saturated carbocycles. The van der Waals surface area contributed by atoms with E-state index in [1.165, 1.54) is 4.88 Å². The highest BCUT2D eigenvalue weighted by Gasteiger charge is 2.41. The Kier molecular flexibility index (Phi) is 5.99. The van der Waals surface area contributed by atoms with Crippen molar-refractivity contribution in [3.05, 3.63) is 40.8 Å². The highest BCUT2D eigenvalue weighted by molar-refractivity contribution is 7.09. The number of amides is 1. The standard InChI is InChI=1S/C15H20N4OS.ClH/c20-14(17-8-4-13-3-1-12-21-13)15(5-9-16-10-6-15)19-11-2-7-18-19;/h1-3,7,11-12,16H,4-6,8-10H2,(H,17,20);1H. The second-order valence-corrected chi connectivity index (χ2v) is 6.35. The van der Waals surface area contributed by atoms with Crippen LogP contribution in [0.5, 0.6) is 0 Å². The van der Waals surface area contributed by atoms with Crippen LogP contribution in [0.15, 0.2) is 36.0 Å². The quantitative estimate of drug-likeness (QED) is 0.872. The molecule has 1 amide bonds. The summed E-state index contributed by atoms with van der Waals surface area (Å²) in [4.78, 5) is 14.1. The zero-order valence-corrected chi connectivity index (χ0v) is 14.0. The Bertz CT molecular complexity index is 564. The smallest absolute Gasteiger partial charge is 0.248 e. The van der Waals surface area contributed by atoms with Crippen LogP contribution in [-0.2, 0) is 16.8 Å². The number of hydrogen-bond donors (Lipinski definition) is 2. The van der Waals surface area contributed by atoms with Gasteiger partial charge >= 0.3 is 0 Å². The Morgan fingerprint density at radius 3 is 2.86 bits per heavy atom. The van der Waals surface area contributed by atoms with Crippen molar-refractivity contribution in [2.45, 2.75) is 24.8 Å². The molecule has 0 radical (unpaired) electrons. The number of halogens is 1. The van der Waals surface area contributed by atoms with Gasteiger partial charge < -0.3 is 10.6 Å². The number of thiophene rings is 1. The van der Waals surface area contributed by atoms with Crippen LogP contribution < -0.4 is 10.6 Å². The number of nitrogens with one attached hydrogen (secondary N) is 2. The van der Waals surface area contributed by atoms with Gasteiger partial charge in [-0.25, -0.2) is 0 Å². The highest BCUT2D eigenvalue weighted by Crippen LogP contribution is 2.27. The van der Waals surface area contributed by atoms with E-state index in [9.17, 15) is 4.79 Å². The average Bonchev–Trinajstić information content (AvgIpc) is 3.21. The monoisotopic (exact) mass is 340 g/mol. The normalized spacial score (nSPS) is 16.7. The number of nitrogens with zero attached hydrogens (tertiary/aromatic N) is 2. The molecule has 22 heavy (non-hydrogen) atoms. The largest absolute Gasteiger partial charge is 0.354 e. The molecule has 0 aliphatic carbocycles. The van der Waals surface area contributed by atoms with E-state index >= 15 is 0 Å². The number of rotatable bonds is 5. The van der Waals surface area contributed by atoms with Crippen molar-refractivity contribution in [1.29, 1.82) is 0 Å². The second kappa shape index (κ2) is 7.76. The summed E-state index contributed by atoms with van der Waals surface area (Å²) in [5, 5.41) is 12.8. The van der Waals surface area contributed by atoms with Crippen molar-refractivity contribution in [2.24, 2.45) is 0 Å². The van der Waals surface area contributed by atoms with E-state index in [0.717, 1.165) is 32.4 Å². The summed E-state index contributed by atoms with van der Waals surface area (Å²) in [6.45, 7) is 2.37. The Hall–Kier alpha value is -1.37. The van der Waals surface area contributed by atoms with Crippen molar-refractivity contribution in [2.75, 3.05) is 19.6 Å². The molecular weight excluding hydrogens is 320 g/mol. The van der Waals surface area contributed by atoms with Crippen molar-refractivity contribution >= 4 is 29.7 Å². The van der Waals surface area contributed by atoms with E-state index in [-0.39, 0.29) is 18.3 Å². The van der Waals surface area contributed by atoms with Crippen LogP contribution in [0.1, 0.15) is 17.7 Å². The first-order valence-corrected chi connectivity index (χ1v) is 8.21. The van der Waals surface area contributed by atoms with Gasteiger partial charge in [0.15, 0.2) is 0 Å². The predicted molar refractivity (Wildman–Crippen MR) is 90.6 cm³/mol. The van der Waals surface area contributed by atoms with E-state index in [2.05, 4.69) is 27.2 Å².